The number of nitrogens with zero attached hydrogens (tertiary/aromatic N) is 4. The molecule has 0 saturated heterocycles. The van der Waals surface area contributed by atoms with Gasteiger partial charge in [0.25, 0.3) is 5.89 Å². The maximum Gasteiger partial charge on any atom is 0.257 e. The summed E-state index contributed by atoms with van der Waals surface area (Å²) in [6, 6.07) is 7.22. The fraction of sp³-hybridized carbons (Fsp3) is 0.250. The lowest BCUT2D eigenvalue weighted by atomic mass is 10.3. The molecule has 3 heterocycles. The lowest BCUT2D eigenvalue weighted by Gasteiger charge is -2.20. The molecule has 7 nitrogen and oxygen atoms in total. The normalized spacial score (nSPS) is 12.3. The number of carbonyl (C=O) groups excluding carboxylic acids is 1. The number of pyridine rings is 1. The number of hydrogen-bond donors (Lipinski definition) is 1. The van der Waals surface area contributed by atoms with Crippen molar-refractivity contribution in [3.63, 3.8) is 0 Å². The van der Waals surface area contributed by atoms with Gasteiger partial charge in [-0.25, -0.2) is 4.98 Å². The van der Waals surface area contributed by atoms with Crippen LogP contribution in [0.5, 0.6) is 0 Å². The molecule has 0 aromatic carbocycles. The van der Waals surface area contributed by atoms with Crippen LogP contribution in [0.25, 0.3) is 10.8 Å². The van der Waals surface area contributed by atoms with Crippen LogP contribution in [0.2, 0.25) is 0 Å². The average Bonchev–Trinajstić information content (AvgIpc) is 3.27. The SMILES string of the molecule is CC(c1nnc(-c2cccs2)o1)N(C)CC(=O)Nc1ccc(Br)cn1. The van der Waals surface area contributed by atoms with Gasteiger partial charge in [-0.05, 0) is 53.5 Å². The molecular formula is C16H16BrN5O2S. The second-order valence-corrected chi connectivity index (χ2v) is 7.29. The van der Waals surface area contributed by atoms with Gasteiger partial charge in [0.15, 0.2) is 0 Å². The van der Waals surface area contributed by atoms with Gasteiger partial charge in [-0.2, -0.15) is 0 Å². The van der Waals surface area contributed by atoms with Crippen LogP contribution in [0.15, 0.2) is 44.7 Å². The zero-order chi connectivity index (χ0) is 17.8. The molecule has 1 unspecified atom stereocenters. The van der Waals surface area contributed by atoms with E-state index in [0.717, 1.165) is 9.35 Å². The zero-order valence-corrected chi connectivity index (χ0v) is 16.0. The van der Waals surface area contributed by atoms with Crippen molar-refractivity contribution in [2.75, 3.05) is 18.9 Å². The Morgan fingerprint density at radius 2 is 2.24 bits per heavy atom. The van der Waals surface area contributed by atoms with Crippen LogP contribution in [-0.4, -0.2) is 39.6 Å². The highest BCUT2D eigenvalue weighted by molar-refractivity contribution is 9.10. The Balaban J connectivity index is 1.59. The largest absolute Gasteiger partial charge is 0.418 e. The minimum Gasteiger partial charge on any atom is -0.418 e. The first-order valence-electron chi connectivity index (χ1n) is 7.52. The molecule has 0 aliphatic rings. The minimum absolute atomic E-state index is 0.165. The highest BCUT2D eigenvalue weighted by Gasteiger charge is 2.21. The summed E-state index contributed by atoms with van der Waals surface area (Å²) in [7, 11) is 1.83. The molecule has 1 amide bonds. The molecule has 0 aliphatic carbocycles. The highest BCUT2D eigenvalue weighted by atomic mass is 79.9. The Morgan fingerprint density at radius 1 is 1.40 bits per heavy atom. The molecule has 3 aromatic heterocycles. The van der Waals surface area contributed by atoms with Crippen LogP contribution >= 0.6 is 27.3 Å². The van der Waals surface area contributed by atoms with Crippen molar-refractivity contribution in [1.29, 1.82) is 0 Å². The molecular weight excluding hydrogens is 406 g/mol. The van der Waals surface area contributed by atoms with E-state index in [1.54, 1.807) is 12.3 Å². The second kappa shape index (κ2) is 7.85. The van der Waals surface area contributed by atoms with Crippen molar-refractivity contribution in [3.05, 3.63) is 46.2 Å². The van der Waals surface area contributed by atoms with Gasteiger partial charge < -0.3 is 9.73 Å². The molecule has 9 heteroatoms. The fourth-order valence-electron chi connectivity index (χ4n) is 2.09. The predicted molar refractivity (Wildman–Crippen MR) is 99.2 cm³/mol. The second-order valence-electron chi connectivity index (χ2n) is 5.42. The van der Waals surface area contributed by atoms with E-state index in [-0.39, 0.29) is 18.5 Å². The van der Waals surface area contributed by atoms with E-state index in [9.17, 15) is 4.79 Å². The number of amides is 1. The van der Waals surface area contributed by atoms with Crippen molar-refractivity contribution in [2.24, 2.45) is 0 Å². The summed E-state index contributed by atoms with van der Waals surface area (Å²) < 4.78 is 6.58. The number of likely N-dealkylation sites (N-methyl/N-ethyl adjacent to an activating group) is 1. The molecule has 1 atom stereocenters. The number of hydrogen-bond acceptors (Lipinski definition) is 7. The molecule has 3 aromatic rings. The van der Waals surface area contributed by atoms with Crippen molar-refractivity contribution in [2.45, 2.75) is 13.0 Å². The summed E-state index contributed by atoms with van der Waals surface area (Å²) in [6.45, 7) is 2.09. The summed E-state index contributed by atoms with van der Waals surface area (Å²) in [6.07, 6.45) is 1.63. The van der Waals surface area contributed by atoms with Gasteiger partial charge in [0.1, 0.15) is 5.82 Å². The average molecular weight is 422 g/mol. The van der Waals surface area contributed by atoms with Crippen LogP contribution in [0.4, 0.5) is 5.82 Å². The monoisotopic (exact) mass is 421 g/mol. The molecule has 0 aliphatic heterocycles. The van der Waals surface area contributed by atoms with E-state index in [1.807, 2.05) is 42.5 Å². The van der Waals surface area contributed by atoms with E-state index in [0.29, 0.717) is 17.6 Å². The van der Waals surface area contributed by atoms with E-state index < -0.39 is 0 Å². The standard InChI is InChI=1S/C16H16BrN5O2S/c1-10(15-20-21-16(24-15)12-4-3-7-25-12)22(2)9-14(23)19-13-6-5-11(17)8-18-13/h3-8,10H,9H2,1-2H3,(H,18,19,23). The predicted octanol–water partition coefficient (Wildman–Crippen LogP) is 3.59. The smallest absolute Gasteiger partial charge is 0.257 e. The van der Waals surface area contributed by atoms with Gasteiger partial charge in [-0.15, -0.1) is 21.5 Å². The number of aromatic nitrogens is 3. The van der Waals surface area contributed by atoms with Gasteiger partial charge in [0.05, 0.1) is 17.5 Å². The van der Waals surface area contributed by atoms with Gasteiger partial charge >= 0.3 is 0 Å². The first-order chi connectivity index (χ1) is 12.0. The Labute approximate surface area is 157 Å². The summed E-state index contributed by atoms with van der Waals surface area (Å²) in [4.78, 5) is 19.0. The number of nitrogens with one attached hydrogen (secondary N) is 1. The van der Waals surface area contributed by atoms with Crippen LogP contribution in [0.3, 0.4) is 0 Å². The highest BCUT2D eigenvalue weighted by Crippen LogP contribution is 2.26. The third-order valence-corrected chi connectivity index (χ3v) is 4.91. The third kappa shape index (κ3) is 4.50. The number of thiophene rings is 1. The first-order valence-corrected chi connectivity index (χ1v) is 9.19. The van der Waals surface area contributed by atoms with Crippen molar-refractivity contribution in [3.8, 4) is 10.8 Å². The maximum absolute atomic E-state index is 12.2. The maximum atomic E-state index is 12.2. The summed E-state index contributed by atoms with van der Waals surface area (Å²) in [5.74, 6) is 1.31. The number of rotatable bonds is 6. The molecule has 0 spiro atoms. The Morgan fingerprint density at radius 3 is 2.92 bits per heavy atom. The number of halogens is 1. The Kier molecular flexibility index (Phi) is 5.57. The molecule has 130 valence electrons. The van der Waals surface area contributed by atoms with Crippen LogP contribution in [0.1, 0.15) is 18.9 Å². The molecule has 25 heavy (non-hydrogen) atoms. The Hall–Kier alpha value is -2.10. The first kappa shape index (κ1) is 17.7. The fourth-order valence-corrected chi connectivity index (χ4v) is 2.97. The number of carbonyl (C=O) groups is 1. The number of anilines is 1. The molecule has 0 saturated carbocycles. The molecule has 1 N–H and O–H groups in total. The summed E-state index contributed by atoms with van der Waals surface area (Å²) in [5, 5.41) is 12.9. The van der Waals surface area contributed by atoms with Crippen LogP contribution < -0.4 is 5.32 Å². The summed E-state index contributed by atoms with van der Waals surface area (Å²) in [5.41, 5.74) is 0. The van der Waals surface area contributed by atoms with E-state index in [2.05, 4.69) is 36.4 Å². The van der Waals surface area contributed by atoms with Crippen molar-refractivity contribution in [1.82, 2.24) is 20.1 Å². The third-order valence-electron chi connectivity index (χ3n) is 3.58. The molecule has 0 radical (unpaired) electrons. The van der Waals surface area contributed by atoms with E-state index >= 15 is 0 Å². The molecule has 0 fully saturated rings. The van der Waals surface area contributed by atoms with E-state index in [1.165, 1.54) is 11.3 Å². The van der Waals surface area contributed by atoms with Crippen molar-refractivity contribution >= 4 is 39.0 Å². The topological polar surface area (TPSA) is 84.2 Å². The molecule has 0 bridgehead atoms. The van der Waals surface area contributed by atoms with Gasteiger partial charge in [-0.3, -0.25) is 9.69 Å². The quantitative estimate of drug-likeness (QED) is 0.654. The lowest BCUT2D eigenvalue weighted by Crippen LogP contribution is -2.32. The van der Waals surface area contributed by atoms with Crippen LogP contribution in [-0.2, 0) is 4.79 Å². The lowest BCUT2D eigenvalue weighted by molar-refractivity contribution is -0.117. The molecule has 3 rings (SSSR count). The van der Waals surface area contributed by atoms with Gasteiger partial charge in [-0.1, -0.05) is 6.07 Å². The minimum atomic E-state index is -0.190. The van der Waals surface area contributed by atoms with Gasteiger partial charge in [0.2, 0.25) is 11.8 Å². The van der Waals surface area contributed by atoms with Gasteiger partial charge in [0, 0.05) is 10.7 Å². The Bertz CT molecular complexity index is 835. The summed E-state index contributed by atoms with van der Waals surface area (Å²) >= 11 is 4.85. The van der Waals surface area contributed by atoms with Crippen molar-refractivity contribution < 1.29 is 9.21 Å². The van der Waals surface area contributed by atoms with Crippen LogP contribution in [0, 0.1) is 0 Å². The zero-order valence-electron chi connectivity index (χ0n) is 13.6. The van der Waals surface area contributed by atoms with E-state index in [4.69, 9.17) is 4.42 Å².